The Kier molecular flexibility index (Phi) is 7.24. The van der Waals surface area contributed by atoms with Crippen LogP contribution in [0.15, 0.2) is 26.3 Å². The summed E-state index contributed by atoms with van der Waals surface area (Å²) in [5.41, 5.74) is -1.21. The highest BCUT2D eigenvalue weighted by Gasteiger charge is 2.20. The molecule has 0 aliphatic rings. The van der Waals surface area contributed by atoms with Gasteiger partial charge < -0.3 is 9.05 Å². The normalized spacial score (nSPS) is 12.1. The lowest BCUT2D eigenvalue weighted by Crippen LogP contribution is -2.32. The molecule has 21 heavy (non-hydrogen) atoms. The van der Waals surface area contributed by atoms with Crippen LogP contribution in [0, 0.1) is 0 Å². The Morgan fingerprint density at radius 1 is 1.29 bits per heavy atom. The number of allylic oxidation sites excluding steroid dienone is 2. The van der Waals surface area contributed by atoms with Gasteiger partial charge in [0.05, 0.1) is 25.9 Å². The Labute approximate surface area is 129 Å². The van der Waals surface area contributed by atoms with Crippen molar-refractivity contribution >= 4 is 23.5 Å². The second-order valence-electron chi connectivity index (χ2n) is 3.83. The summed E-state index contributed by atoms with van der Waals surface area (Å²) in [6.45, 7) is 4.18. The predicted octanol–water partition coefficient (Wildman–Crippen LogP) is 1.52. The molecule has 1 N–H and O–H groups in total. The molecule has 0 saturated carbocycles. The molecule has 0 saturated heterocycles. The SMILES string of the molecule is CCOP(=O)(CC=CCn1nc(Br)c(=O)[nH]c1=O)OCC. The second-order valence-corrected chi connectivity index (χ2v) is 6.69. The van der Waals surface area contributed by atoms with Crippen molar-refractivity contribution in [2.24, 2.45) is 0 Å². The van der Waals surface area contributed by atoms with Crippen molar-refractivity contribution in [2.75, 3.05) is 19.4 Å². The van der Waals surface area contributed by atoms with E-state index in [0.717, 1.165) is 4.68 Å². The molecule has 0 bridgehead atoms. The molecule has 0 spiro atoms. The Balaban J connectivity index is 2.71. The molecular weight excluding hydrogens is 365 g/mol. The maximum atomic E-state index is 12.2. The first-order valence-electron chi connectivity index (χ1n) is 6.32. The molecule has 8 nitrogen and oxygen atoms in total. The maximum Gasteiger partial charge on any atom is 0.345 e. The first-order valence-corrected chi connectivity index (χ1v) is 8.84. The Morgan fingerprint density at radius 2 is 1.90 bits per heavy atom. The lowest BCUT2D eigenvalue weighted by atomic mass is 10.5. The first kappa shape index (κ1) is 18.0. The third kappa shape index (κ3) is 5.70. The second kappa shape index (κ2) is 8.43. The van der Waals surface area contributed by atoms with Crippen LogP contribution in [0.4, 0.5) is 0 Å². The van der Waals surface area contributed by atoms with E-state index < -0.39 is 18.8 Å². The minimum atomic E-state index is -3.13. The summed E-state index contributed by atoms with van der Waals surface area (Å²) in [5.74, 6) is 0. The van der Waals surface area contributed by atoms with Gasteiger partial charge in [-0.15, -0.1) is 0 Å². The molecule has 1 aromatic rings. The number of halogens is 1. The zero-order valence-corrected chi connectivity index (χ0v) is 14.2. The van der Waals surface area contributed by atoms with Crippen LogP contribution in [-0.2, 0) is 20.2 Å². The third-order valence-electron chi connectivity index (χ3n) is 2.28. The highest BCUT2D eigenvalue weighted by atomic mass is 79.9. The summed E-state index contributed by atoms with van der Waals surface area (Å²) in [4.78, 5) is 24.7. The van der Waals surface area contributed by atoms with Crippen LogP contribution in [-0.4, -0.2) is 34.1 Å². The minimum absolute atomic E-state index is 0.0183. The number of hydrogen-bond acceptors (Lipinski definition) is 6. The summed E-state index contributed by atoms with van der Waals surface area (Å²) in [5, 5.41) is 3.77. The molecular formula is C11H17BrN3O5P. The van der Waals surface area contributed by atoms with Crippen LogP contribution < -0.4 is 11.2 Å². The molecule has 10 heteroatoms. The largest absolute Gasteiger partial charge is 0.345 e. The number of rotatable bonds is 8. The number of nitrogens with zero attached hydrogens (tertiary/aromatic N) is 2. The zero-order valence-electron chi connectivity index (χ0n) is 11.7. The quantitative estimate of drug-likeness (QED) is 0.540. The standard InChI is InChI=1S/C11H17BrN3O5P/c1-3-19-21(18,20-4-2)8-6-5-7-15-11(17)13-10(16)9(12)14-15/h5-6H,3-4,7-8H2,1-2H3,(H,13,16,17). The van der Waals surface area contributed by atoms with Gasteiger partial charge in [-0.1, -0.05) is 12.2 Å². The van der Waals surface area contributed by atoms with Gasteiger partial charge in [0, 0.05) is 0 Å². The van der Waals surface area contributed by atoms with Gasteiger partial charge in [-0.05, 0) is 29.8 Å². The minimum Gasteiger partial charge on any atom is -0.309 e. The smallest absolute Gasteiger partial charge is 0.309 e. The lowest BCUT2D eigenvalue weighted by Gasteiger charge is -2.14. The van der Waals surface area contributed by atoms with E-state index in [9.17, 15) is 14.2 Å². The Bertz CT molecular complexity index is 644. The molecule has 0 fully saturated rings. The van der Waals surface area contributed by atoms with Gasteiger partial charge in [0.1, 0.15) is 0 Å². The van der Waals surface area contributed by atoms with Gasteiger partial charge >= 0.3 is 13.3 Å². The van der Waals surface area contributed by atoms with Crippen molar-refractivity contribution in [2.45, 2.75) is 20.4 Å². The van der Waals surface area contributed by atoms with Gasteiger partial charge in [-0.2, -0.15) is 5.10 Å². The van der Waals surface area contributed by atoms with E-state index >= 15 is 0 Å². The number of aromatic nitrogens is 3. The van der Waals surface area contributed by atoms with Gasteiger partial charge in [-0.25, -0.2) is 9.48 Å². The fourth-order valence-electron chi connectivity index (χ4n) is 1.45. The van der Waals surface area contributed by atoms with Crippen LogP contribution in [0.1, 0.15) is 13.8 Å². The van der Waals surface area contributed by atoms with Crippen molar-refractivity contribution in [1.29, 1.82) is 0 Å². The van der Waals surface area contributed by atoms with Gasteiger partial charge in [-0.3, -0.25) is 14.3 Å². The summed E-state index contributed by atoms with van der Waals surface area (Å²) in [7, 11) is -3.13. The van der Waals surface area contributed by atoms with E-state index in [0.29, 0.717) is 13.2 Å². The van der Waals surface area contributed by atoms with Crippen molar-refractivity contribution in [1.82, 2.24) is 14.8 Å². The lowest BCUT2D eigenvalue weighted by molar-refractivity contribution is 0.222. The summed E-state index contributed by atoms with van der Waals surface area (Å²) >= 11 is 2.94. The highest BCUT2D eigenvalue weighted by molar-refractivity contribution is 9.10. The molecule has 0 aromatic carbocycles. The molecule has 0 aliphatic heterocycles. The van der Waals surface area contributed by atoms with Gasteiger partial charge in [0.25, 0.3) is 5.56 Å². The zero-order chi connectivity index (χ0) is 15.9. The number of nitrogens with one attached hydrogen (secondary N) is 1. The van der Waals surface area contributed by atoms with Crippen molar-refractivity contribution in [3.63, 3.8) is 0 Å². The fourth-order valence-corrected chi connectivity index (χ4v) is 3.22. The Hall–Kier alpha value is -1.02. The molecule has 0 radical (unpaired) electrons. The first-order chi connectivity index (χ1) is 9.91. The third-order valence-corrected chi connectivity index (χ3v) is 4.76. The highest BCUT2D eigenvalue weighted by Crippen LogP contribution is 2.47. The summed E-state index contributed by atoms with van der Waals surface area (Å²) in [6, 6.07) is 0. The molecule has 1 aromatic heterocycles. The number of aromatic amines is 1. The van der Waals surface area contributed by atoms with Crippen LogP contribution >= 0.6 is 23.5 Å². The van der Waals surface area contributed by atoms with E-state index in [1.807, 2.05) is 0 Å². The molecule has 0 atom stereocenters. The summed E-state index contributed by atoms with van der Waals surface area (Å²) in [6.07, 6.45) is 3.30. The van der Waals surface area contributed by atoms with Crippen LogP contribution in [0.3, 0.4) is 0 Å². The number of hydrogen-bond donors (Lipinski definition) is 1. The van der Waals surface area contributed by atoms with Gasteiger partial charge in [0.2, 0.25) is 0 Å². The average molecular weight is 382 g/mol. The van der Waals surface area contributed by atoms with Crippen LogP contribution in [0.5, 0.6) is 0 Å². The molecule has 0 amide bonds. The van der Waals surface area contributed by atoms with E-state index in [-0.39, 0.29) is 17.3 Å². The topological polar surface area (TPSA) is 103 Å². The fraction of sp³-hybridized carbons (Fsp3) is 0.545. The average Bonchev–Trinajstić information content (AvgIpc) is 2.41. The summed E-state index contributed by atoms with van der Waals surface area (Å²) < 4.78 is 23.5. The van der Waals surface area contributed by atoms with E-state index in [1.165, 1.54) is 0 Å². The number of H-pyrrole nitrogens is 1. The molecule has 118 valence electrons. The van der Waals surface area contributed by atoms with E-state index in [4.69, 9.17) is 9.05 Å². The van der Waals surface area contributed by atoms with Crippen molar-refractivity contribution in [3.05, 3.63) is 37.6 Å². The molecule has 0 unspecified atom stereocenters. The predicted molar refractivity (Wildman–Crippen MR) is 81.7 cm³/mol. The molecule has 0 aliphatic carbocycles. The van der Waals surface area contributed by atoms with Crippen LogP contribution in [0.25, 0.3) is 0 Å². The van der Waals surface area contributed by atoms with Crippen molar-refractivity contribution in [3.8, 4) is 0 Å². The van der Waals surface area contributed by atoms with E-state index in [2.05, 4.69) is 26.0 Å². The van der Waals surface area contributed by atoms with Gasteiger partial charge in [0.15, 0.2) is 4.60 Å². The monoisotopic (exact) mass is 381 g/mol. The molecule has 1 rings (SSSR count). The van der Waals surface area contributed by atoms with Crippen LogP contribution in [0.2, 0.25) is 0 Å². The molecule has 1 heterocycles. The van der Waals surface area contributed by atoms with Crippen molar-refractivity contribution < 1.29 is 13.6 Å². The van der Waals surface area contributed by atoms with E-state index in [1.54, 1.807) is 26.0 Å². The Morgan fingerprint density at radius 3 is 2.48 bits per heavy atom. The maximum absolute atomic E-state index is 12.2.